The average Bonchev–Trinajstić information content (AvgIpc) is 2.71. The predicted molar refractivity (Wildman–Crippen MR) is 117 cm³/mol. The monoisotopic (exact) mass is 426 g/mol. The van der Waals surface area contributed by atoms with Crippen molar-refractivity contribution in [2.45, 2.75) is 44.8 Å². The van der Waals surface area contributed by atoms with Gasteiger partial charge in [0.15, 0.2) is 6.10 Å². The molecule has 0 aliphatic carbocycles. The van der Waals surface area contributed by atoms with Gasteiger partial charge < -0.3 is 25.2 Å². The largest absolute Gasteiger partial charge is 0.508 e. The number of unbranched alkanes of at least 4 members (excludes halogenated alkanes) is 1. The van der Waals surface area contributed by atoms with Crippen molar-refractivity contribution in [1.29, 1.82) is 0 Å². The molecule has 1 heterocycles. The van der Waals surface area contributed by atoms with Crippen molar-refractivity contribution in [2.24, 2.45) is 5.73 Å². The number of nitrogens with zero attached hydrogens (tertiary/aromatic N) is 1. The first-order valence-corrected chi connectivity index (χ1v) is 10.6. The van der Waals surface area contributed by atoms with Gasteiger partial charge in [0.2, 0.25) is 0 Å². The van der Waals surface area contributed by atoms with Crippen LogP contribution in [0.15, 0.2) is 48.5 Å². The third kappa shape index (κ3) is 5.35. The number of aryl methyl sites for hydroxylation is 1. The summed E-state index contributed by atoms with van der Waals surface area (Å²) in [5.74, 6) is -0.187. The van der Waals surface area contributed by atoms with Crippen molar-refractivity contribution in [1.82, 2.24) is 4.90 Å². The van der Waals surface area contributed by atoms with Gasteiger partial charge in [-0.2, -0.15) is 0 Å². The zero-order valence-corrected chi connectivity index (χ0v) is 18.0. The van der Waals surface area contributed by atoms with Crippen LogP contribution in [0.4, 0.5) is 4.79 Å². The lowest BCUT2D eigenvalue weighted by Gasteiger charge is -2.51. The first-order chi connectivity index (χ1) is 14.8. The number of amides is 2. The molecule has 1 unspecified atom stereocenters. The summed E-state index contributed by atoms with van der Waals surface area (Å²) < 4.78 is 11.4. The number of rotatable bonds is 9. The summed E-state index contributed by atoms with van der Waals surface area (Å²) in [6.45, 7) is 5.52. The van der Waals surface area contributed by atoms with Crippen molar-refractivity contribution in [2.75, 3.05) is 19.7 Å². The quantitative estimate of drug-likeness (QED) is 0.599. The molecule has 1 fully saturated rings. The van der Waals surface area contributed by atoms with Crippen molar-refractivity contribution < 1.29 is 24.2 Å². The normalized spacial score (nSPS) is 15.7. The minimum absolute atomic E-state index is 0.123. The third-order valence-corrected chi connectivity index (χ3v) is 5.61. The Morgan fingerprint density at radius 3 is 2.45 bits per heavy atom. The average molecular weight is 427 g/mol. The van der Waals surface area contributed by atoms with Gasteiger partial charge in [0.05, 0.1) is 13.1 Å². The molecule has 0 bridgehead atoms. The van der Waals surface area contributed by atoms with Crippen molar-refractivity contribution in [3.05, 3.63) is 65.2 Å². The van der Waals surface area contributed by atoms with Crippen LogP contribution in [-0.2, 0) is 26.3 Å². The van der Waals surface area contributed by atoms with E-state index in [2.05, 4.69) is 6.92 Å². The Bertz CT molecular complexity index is 906. The molecule has 0 saturated carbocycles. The van der Waals surface area contributed by atoms with Crippen LogP contribution in [0, 0.1) is 6.92 Å². The Morgan fingerprint density at radius 2 is 1.84 bits per heavy atom. The second-order valence-electron chi connectivity index (χ2n) is 8.00. The van der Waals surface area contributed by atoms with Gasteiger partial charge in [-0.15, -0.1) is 0 Å². The molecular formula is C24H30N2O5. The van der Waals surface area contributed by atoms with Gasteiger partial charge in [-0.3, -0.25) is 4.79 Å². The zero-order chi connectivity index (χ0) is 22.4. The maximum atomic E-state index is 13.2. The maximum Gasteiger partial charge on any atom is 0.405 e. The summed E-state index contributed by atoms with van der Waals surface area (Å²) in [5, 5.41) is 9.46. The fourth-order valence-corrected chi connectivity index (χ4v) is 3.93. The third-order valence-electron chi connectivity index (χ3n) is 5.61. The van der Waals surface area contributed by atoms with E-state index < -0.39 is 17.8 Å². The van der Waals surface area contributed by atoms with E-state index in [9.17, 15) is 14.7 Å². The molecule has 1 atom stereocenters. The SMILES string of the molecule is CCCCOC1(c2ccccc2C)CN(C(=O)C(Cc2ccc(O)cc2)OC(N)=O)C1. The smallest absolute Gasteiger partial charge is 0.405 e. The summed E-state index contributed by atoms with van der Waals surface area (Å²) in [5.41, 5.74) is 7.59. The Kier molecular flexibility index (Phi) is 7.17. The summed E-state index contributed by atoms with van der Waals surface area (Å²) in [6, 6.07) is 14.4. The first-order valence-electron chi connectivity index (χ1n) is 10.6. The van der Waals surface area contributed by atoms with Gasteiger partial charge in [0, 0.05) is 13.0 Å². The van der Waals surface area contributed by atoms with E-state index in [0.29, 0.717) is 19.7 Å². The van der Waals surface area contributed by atoms with Gasteiger partial charge in [-0.25, -0.2) is 4.79 Å². The van der Waals surface area contributed by atoms with Crippen molar-refractivity contribution in [3.63, 3.8) is 0 Å². The fraction of sp³-hybridized carbons (Fsp3) is 0.417. The molecule has 166 valence electrons. The van der Waals surface area contributed by atoms with E-state index in [1.807, 2.05) is 31.2 Å². The Hall–Kier alpha value is -3.06. The number of benzene rings is 2. The van der Waals surface area contributed by atoms with Crippen LogP contribution >= 0.6 is 0 Å². The van der Waals surface area contributed by atoms with Crippen molar-refractivity contribution in [3.8, 4) is 5.75 Å². The molecule has 2 amide bonds. The van der Waals surface area contributed by atoms with Crippen LogP contribution in [0.25, 0.3) is 0 Å². The fourth-order valence-electron chi connectivity index (χ4n) is 3.93. The summed E-state index contributed by atoms with van der Waals surface area (Å²) in [7, 11) is 0. The second kappa shape index (κ2) is 9.83. The van der Waals surface area contributed by atoms with Gasteiger partial charge in [-0.05, 0) is 42.2 Å². The molecular weight excluding hydrogens is 396 g/mol. The minimum atomic E-state index is -1.03. The molecule has 7 nitrogen and oxygen atoms in total. The number of likely N-dealkylation sites (tertiary alicyclic amines) is 1. The lowest BCUT2D eigenvalue weighted by Crippen LogP contribution is -2.65. The van der Waals surface area contributed by atoms with Gasteiger partial charge in [-0.1, -0.05) is 49.7 Å². The van der Waals surface area contributed by atoms with Gasteiger partial charge in [0.25, 0.3) is 5.91 Å². The molecule has 2 aromatic carbocycles. The van der Waals surface area contributed by atoms with Crippen LogP contribution < -0.4 is 5.73 Å². The first kappa shape index (κ1) is 22.6. The highest BCUT2D eigenvalue weighted by Crippen LogP contribution is 2.38. The molecule has 1 aliphatic rings. The standard InChI is InChI=1S/C24H30N2O5/c1-3-4-13-30-24(20-8-6-5-7-17(20)2)15-26(16-24)22(28)21(31-23(25)29)14-18-9-11-19(27)12-10-18/h5-12,21,27H,3-4,13-16H2,1-2H3,(H2,25,29). The maximum absolute atomic E-state index is 13.2. The van der Waals surface area contributed by atoms with E-state index in [-0.39, 0.29) is 18.1 Å². The second-order valence-corrected chi connectivity index (χ2v) is 8.00. The molecule has 7 heteroatoms. The number of carbonyl (C=O) groups excluding carboxylic acids is 2. The summed E-state index contributed by atoms with van der Waals surface area (Å²) in [6.07, 6.45) is 0.102. The highest BCUT2D eigenvalue weighted by molar-refractivity contribution is 5.84. The molecule has 3 rings (SSSR count). The zero-order valence-electron chi connectivity index (χ0n) is 18.0. The topological polar surface area (TPSA) is 102 Å². The number of carbonyl (C=O) groups is 2. The Labute approximate surface area is 182 Å². The molecule has 3 N–H and O–H groups in total. The van der Waals surface area contributed by atoms with Crippen LogP contribution in [0.3, 0.4) is 0 Å². The minimum Gasteiger partial charge on any atom is -0.508 e. The molecule has 1 aliphatic heterocycles. The summed E-state index contributed by atoms with van der Waals surface area (Å²) >= 11 is 0. The number of ether oxygens (including phenoxy) is 2. The van der Waals surface area contributed by atoms with Crippen LogP contribution in [0.5, 0.6) is 5.75 Å². The van der Waals surface area contributed by atoms with Gasteiger partial charge in [0.1, 0.15) is 11.4 Å². The van der Waals surface area contributed by atoms with Crippen molar-refractivity contribution >= 4 is 12.0 Å². The lowest BCUT2D eigenvalue weighted by molar-refractivity contribution is -0.179. The highest BCUT2D eigenvalue weighted by atomic mass is 16.6. The highest BCUT2D eigenvalue weighted by Gasteiger charge is 2.49. The number of phenolic OH excluding ortho intramolecular Hbond substituents is 1. The van der Waals surface area contributed by atoms with Gasteiger partial charge >= 0.3 is 6.09 Å². The number of primary amides is 1. The molecule has 2 aromatic rings. The number of hydrogen-bond acceptors (Lipinski definition) is 5. The molecule has 1 saturated heterocycles. The van der Waals surface area contributed by atoms with E-state index in [0.717, 1.165) is 29.5 Å². The molecule has 0 spiro atoms. The van der Waals surface area contributed by atoms with E-state index in [1.54, 1.807) is 17.0 Å². The number of nitrogens with two attached hydrogens (primary N) is 1. The number of hydrogen-bond donors (Lipinski definition) is 2. The van der Waals surface area contributed by atoms with Crippen LogP contribution in [0.1, 0.15) is 36.5 Å². The predicted octanol–water partition coefficient (Wildman–Crippen LogP) is 3.26. The van der Waals surface area contributed by atoms with E-state index >= 15 is 0 Å². The van der Waals surface area contributed by atoms with Crippen LogP contribution in [-0.4, -0.2) is 47.8 Å². The molecule has 0 aromatic heterocycles. The number of aromatic hydroxyl groups is 1. The number of phenols is 1. The van der Waals surface area contributed by atoms with E-state index in [4.69, 9.17) is 15.2 Å². The van der Waals surface area contributed by atoms with E-state index in [1.165, 1.54) is 12.1 Å². The van der Waals surface area contributed by atoms with Crippen LogP contribution in [0.2, 0.25) is 0 Å². The molecule has 31 heavy (non-hydrogen) atoms. The summed E-state index contributed by atoms with van der Waals surface area (Å²) in [4.78, 5) is 26.2. The lowest BCUT2D eigenvalue weighted by atomic mass is 9.82. The Morgan fingerprint density at radius 1 is 1.16 bits per heavy atom. The molecule has 0 radical (unpaired) electrons. The Balaban J connectivity index is 1.75.